The molecule has 2 aromatic carbocycles. The maximum Gasteiger partial charge on any atom is 0.255 e. The van der Waals surface area contributed by atoms with Gasteiger partial charge in [0.2, 0.25) is 0 Å². The van der Waals surface area contributed by atoms with Crippen LogP contribution >= 0.6 is 0 Å². The second-order valence-corrected chi connectivity index (χ2v) is 6.24. The number of amides is 1. The lowest BCUT2D eigenvalue weighted by Gasteiger charge is -2.29. The molecule has 0 spiro atoms. The van der Waals surface area contributed by atoms with Gasteiger partial charge < -0.3 is 19.7 Å². The Morgan fingerprint density at radius 1 is 1.00 bits per heavy atom. The number of benzene rings is 2. The molecule has 1 N–H and O–H groups in total. The van der Waals surface area contributed by atoms with Crippen molar-refractivity contribution in [3.63, 3.8) is 0 Å². The van der Waals surface area contributed by atoms with Gasteiger partial charge in [-0.25, -0.2) is 4.39 Å². The summed E-state index contributed by atoms with van der Waals surface area (Å²) in [6, 6.07) is 9.70. The zero-order valence-electron chi connectivity index (χ0n) is 15.0. The molecule has 0 saturated carbocycles. The van der Waals surface area contributed by atoms with E-state index in [0.29, 0.717) is 28.4 Å². The standard InChI is InChI=1S/C20H23FN2O3/c1-25-18-9-6-14(12-19(18)26-2)20(24)22-15-7-8-17(16(21)13-15)23-10-4-3-5-11-23/h6-9,12-13H,3-5,10-11H2,1-2H3,(H,22,24). The van der Waals surface area contributed by atoms with Gasteiger partial charge >= 0.3 is 0 Å². The number of ether oxygens (including phenoxy) is 2. The smallest absolute Gasteiger partial charge is 0.255 e. The molecule has 0 atom stereocenters. The van der Waals surface area contributed by atoms with Gasteiger partial charge in [-0.3, -0.25) is 4.79 Å². The molecule has 0 unspecified atom stereocenters. The topological polar surface area (TPSA) is 50.8 Å². The van der Waals surface area contributed by atoms with Crippen LogP contribution in [0.3, 0.4) is 0 Å². The summed E-state index contributed by atoms with van der Waals surface area (Å²) in [6.45, 7) is 1.74. The number of hydrogen-bond acceptors (Lipinski definition) is 4. The predicted molar refractivity (Wildman–Crippen MR) is 100.0 cm³/mol. The Hall–Kier alpha value is -2.76. The fourth-order valence-electron chi connectivity index (χ4n) is 3.16. The van der Waals surface area contributed by atoms with Crippen LogP contribution in [0, 0.1) is 5.82 Å². The Balaban J connectivity index is 1.74. The van der Waals surface area contributed by atoms with E-state index in [9.17, 15) is 9.18 Å². The molecule has 5 nitrogen and oxygen atoms in total. The van der Waals surface area contributed by atoms with Crippen molar-refractivity contribution >= 4 is 17.3 Å². The maximum absolute atomic E-state index is 14.5. The van der Waals surface area contributed by atoms with Gasteiger partial charge in [-0.2, -0.15) is 0 Å². The summed E-state index contributed by atoms with van der Waals surface area (Å²) in [5.74, 6) is 0.348. The molecule has 2 aromatic rings. The lowest BCUT2D eigenvalue weighted by molar-refractivity contribution is 0.102. The fraction of sp³-hybridized carbons (Fsp3) is 0.350. The van der Waals surface area contributed by atoms with Crippen molar-refractivity contribution in [3.8, 4) is 11.5 Å². The molecular weight excluding hydrogens is 335 g/mol. The first-order valence-electron chi connectivity index (χ1n) is 8.70. The summed E-state index contributed by atoms with van der Waals surface area (Å²) in [6.07, 6.45) is 3.35. The Kier molecular flexibility index (Phi) is 5.61. The normalized spacial score (nSPS) is 14.0. The second kappa shape index (κ2) is 8.08. The van der Waals surface area contributed by atoms with E-state index < -0.39 is 0 Å². The van der Waals surface area contributed by atoms with Crippen molar-refractivity contribution in [2.75, 3.05) is 37.5 Å². The quantitative estimate of drug-likeness (QED) is 0.875. The van der Waals surface area contributed by atoms with Crippen LogP contribution in [0.5, 0.6) is 11.5 Å². The van der Waals surface area contributed by atoms with Gasteiger partial charge in [0.25, 0.3) is 5.91 Å². The third-order valence-corrected chi connectivity index (χ3v) is 4.55. The molecule has 1 fully saturated rings. The van der Waals surface area contributed by atoms with E-state index in [1.165, 1.54) is 26.7 Å². The first-order chi connectivity index (χ1) is 12.6. The minimum Gasteiger partial charge on any atom is -0.493 e. The Labute approximate surface area is 152 Å². The number of nitrogens with zero attached hydrogens (tertiary/aromatic N) is 1. The zero-order chi connectivity index (χ0) is 18.5. The minimum atomic E-state index is -0.337. The van der Waals surface area contributed by atoms with E-state index in [1.807, 2.05) is 0 Å². The first kappa shape index (κ1) is 18.0. The Bertz CT molecular complexity index is 789. The van der Waals surface area contributed by atoms with Crippen LogP contribution in [0.1, 0.15) is 29.6 Å². The van der Waals surface area contributed by atoms with Crippen molar-refractivity contribution in [1.29, 1.82) is 0 Å². The Morgan fingerprint density at radius 3 is 2.38 bits per heavy atom. The van der Waals surface area contributed by atoms with E-state index in [4.69, 9.17) is 9.47 Å². The summed E-state index contributed by atoms with van der Waals surface area (Å²) < 4.78 is 24.8. The summed E-state index contributed by atoms with van der Waals surface area (Å²) in [5, 5.41) is 2.72. The monoisotopic (exact) mass is 358 g/mol. The zero-order valence-corrected chi connectivity index (χ0v) is 15.0. The molecule has 0 radical (unpaired) electrons. The summed E-state index contributed by atoms with van der Waals surface area (Å²) >= 11 is 0. The highest BCUT2D eigenvalue weighted by Gasteiger charge is 2.16. The molecule has 1 saturated heterocycles. The minimum absolute atomic E-state index is 0.322. The van der Waals surface area contributed by atoms with Gasteiger partial charge in [-0.15, -0.1) is 0 Å². The lowest BCUT2D eigenvalue weighted by atomic mass is 10.1. The molecule has 6 heteroatoms. The van der Waals surface area contributed by atoms with Crippen LogP contribution in [-0.2, 0) is 0 Å². The van der Waals surface area contributed by atoms with Crippen molar-refractivity contribution in [3.05, 3.63) is 47.8 Å². The summed E-state index contributed by atoms with van der Waals surface area (Å²) in [4.78, 5) is 14.5. The van der Waals surface area contributed by atoms with Crippen LogP contribution in [0.4, 0.5) is 15.8 Å². The highest BCUT2D eigenvalue weighted by atomic mass is 19.1. The summed E-state index contributed by atoms with van der Waals surface area (Å²) in [7, 11) is 3.04. The molecule has 138 valence electrons. The molecular formula is C20H23FN2O3. The molecule has 1 amide bonds. The third-order valence-electron chi connectivity index (χ3n) is 4.55. The predicted octanol–water partition coefficient (Wildman–Crippen LogP) is 4.09. The number of rotatable bonds is 5. The van der Waals surface area contributed by atoms with Crippen LogP contribution in [-0.4, -0.2) is 33.2 Å². The van der Waals surface area contributed by atoms with E-state index in [-0.39, 0.29) is 11.7 Å². The first-order valence-corrected chi connectivity index (χ1v) is 8.70. The highest BCUT2D eigenvalue weighted by Crippen LogP contribution is 2.29. The second-order valence-electron chi connectivity index (χ2n) is 6.24. The van der Waals surface area contributed by atoms with Gasteiger partial charge in [0.1, 0.15) is 5.82 Å². The van der Waals surface area contributed by atoms with Gasteiger partial charge in [0, 0.05) is 24.3 Å². The van der Waals surface area contributed by atoms with E-state index in [0.717, 1.165) is 25.9 Å². The molecule has 1 aliphatic heterocycles. The van der Waals surface area contributed by atoms with Crippen LogP contribution in [0.25, 0.3) is 0 Å². The number of piperidine rings is 1. The van der Waals surface area contributed by atoms with Crippen molar-refractivity contribution < 1.29 is 18.7 Å². The van der Waals surface area contributed by atoms with Crippen molar-refractivity contribution in [2.24, 2.45) is 0 Å². The van der Waals surface area contributed by atoms with Crippen LogP contribution in [0.2, 0.25) is 0 Å². The van der Waals surface area contributed by atoms with Gasteiger partial charge in [-0.05, 0) is 55.7 Å². The number of carbonyl (C=O) groups excluding carboxylic acids is 1. The van der Waals surface area contributed by atoms with E-state index >= 15 is 0 Å². The fourth-order valence-corrected chi connectivity index (χ4v) is 3.16. The summed E-state index contributed by atoms with van der Waals surface area (Å²) in [5.41, 5.74) is 1.42. The van der Waals surface area contributed by atoms with Crippen LogP contribution < -0.4 is 19.7 Å². The molecule has 1 aliphatic rings. The molecule has 0 bridgehead atoms. The molecule has 3 rings (SSSR count). The van der Waals surface area contributed by atoms with Gasteiger partial charge in [0.05, 0.1) is 19.9 Å². The number of carbonyl (C=O) groups is 1. The van der Waals surface area contributed by atoms with Gasteiger partial charge in [0.15, 0.2) is 11.5 Å². The molecule has 0 aromatic heterocycles. The molecule has 1 heterocycles. The SMILES string of the molecule is COc1ccc(C(=O)Nc2ccc(N3CCCCC3)c(F)c2)cc1OC. The number of methoxy groups -OCH3 is 2. The van der Waals surface area contributed by atoms with Crippen molar-refractivity contribution in [2.45, 2.75) is 19.3 Å². The number of nitrogens with one attached hydrogen (secondary N) is 1. The molecule has 26 heavy (non-hydrogen) atoms. The third kappa shape index (κ3) is 3.90. The van der Waals surface area contributed by atoms with Crippen molar-refractivity contribution in [1.82, 2.24) is 0 Å². The largest absolute Gasteiger partial charge is 0.493 e. The number of hydrogen-bond donors (Lipinski definition) is 1. The van der Waals surface area contributed by atoms with Gasteiger partial charge in [-0.1, -0.05) is 0 Å². The number of anilines is 2. The molecule has 0 aliphatic carbocycles. The van der Waals surface area contributed by atoms with E-state index in [2.05, 4.69) is 10.2 Å². The van der Waals surface area contributed by atoms with Crippen LogP contribution in [0.15, 0.2) is 36.4 Å². The average molecular weight is 358 g/mol. The van der Waals surface area contributed by atoms with E-state index in [1.54, 1.807) is 30.3 Å². The maximum atomic E-state index is 14.5. The lowest BCUT2D eigenvalue weighted by Crippen LogP contribution is -2.30. The number of halogens is 1. The average Bonchev–Trinajstić information content (AvgIpc) is 2.68. The highest BCUT2D eigenvalue weighted by molar-refractivity contribution is 6.04. The Morgan fingerprint density at radius 2 is 1.73 bits per heavy atom.